The average Bonchev–Trinajstić information content (AvgIpc) is 2.68. The summed E-state index contributed by atoms with van der Waals surface area (Å²) < 4.78 is 27.5. The first-order valence-corrected chi connectivity index (χ1v) is 7.48. The van der Waals surface area contributed by atoms with Crippen LogP contribution in [0, 0.1) is 0 Å². The van der Waals surface area contributed by atoms with Crippen molar-refractivity contribution in [3.8, 4) is 0 Å². The molecule has 0 spiro atoms. The van der Waals surface area contributed by atoms with E-state index in [4.69, 9.17) is 0 Å². The highest BCUT2D eigenvalue weighted by Gasteiger charge is 2.22. The number of hydrogen-bond acceptors (Lipinski definition) is 4. The van der Waals surface area contributed by atoms with Gasteiger partial charge in [-0.05, 0) is 20.2 Å². The zero-order valence-corrected chi connectivity index (χ0v) is 11.3. The van der Waals surface area contributed by atoms with E-state index in [-0.39, 0.29) is 0 Å². The van der Waals surface area contributed by atoms with Crippen LogP contribution in [-0.2, 0) is 16.6 Å². The van der Waals surface area contributed by atoms with Gasteiger partial charge in [-0.25, -0.2) is 13.1 Å². The van der Waals surface area contributed by atoms with Gasteiger partial charge in [-0.15, -0.1) is 11.3 Å². The molecule has 2 N–H and O–H groups in total. The normalized spacial score (nSPS) is 12.1. The van der Waals surface area contributed by atoms with Crippen LogP contribution < -0.4 is 10.0 Å². The molecule has 0 radical (unpaired) electrons. The van der Waals surface area contributed by atoms with Crippen molar-refractivity contribution >= 4 is 31.4 Å². The zero-order chi connectivity index (χ0) is 12.5. The molecule has 1 aromatic carbocycles. The van der Waals surface area contributed by atoms with E-state index in [2.05, 4.69) is 10.0 Å². The third kappa shape index (κ3) is 2.21. The molecule has 92 valence electrons. The number of sulfonamides is 1. The van der Waals surface area contributed by atoms with Crippen LogP contribution in [0.5, 0.6) is 0 Å². The molecule has 2 aromatic rings. The molecular weight excluding hydrogens is 256 g/mol. The third-order valence-electron chi connectivity index (χ3n) is 2.49. The van der Waals surface area contributed by atoms with E-state index in [0.717, 1.165) is 15.0 Å². The Kier molecular flexibility index (Phi) is 3.48. The van der Waals surface area contributed by atoms with Crippen molar-refractivity contribution in [2.45, 2.75) is 11.4 Å². The van der Waals surface area contributed by atoms with Crippen LogP contribution in [0.1, 0.15) is 4.88 Å². The van der Waals surface area contributed by atoms with Crippen LogP contribution in [0.3, 0.4) is 0 Å². The molecule has 0 fully saturated rings. The first kappa shape index (κ1) is 12.5. The Morgan fingerprint density at radius 2 is 1.94 bits per heavy atom. The van der Waals surface area contributed by atoms with E-state index in [1.165, 1.54) is 18.4 Å². The maximum atomic E-state index is 12.0. The number of hydrogen-bond donors (Lipinski definition) is 2. The molecule has 1 aromatic heterocycles. The topological polar surface area (TPSA) is 58.2 Å². The summed E-state index contributed by atoms with van der Waals surface area (Å²) >= 11 is 1.51. The van der Waals surface area contributed by atoms with Crippen molar-refractivity contribution in [3.63, 3.8) is 0 Å². The molecule has 0 saturated heterocycles. The van der Waals surface area contributed by atoms with E-state index in [9.17, 15) is 8.42 Å². The monoisotopic (exact) mass is 270 g/mol. The summed E-state index contributed by atoms with van der Waals surface area (Å²) in [6.45, 7) is 0.551. The van der Waals surface area contributed by atoms with E-state index in [1.807, 2.05) is 24.3 Å². The lowest BCUT2D eigenvalue weighted by molar-refractivity contribution is 0.588. The van der Waals surface area contributed by atoms with E-state index in [0.29, 0.717) is 11.4 Å². The minimum absolute atomic E-state index is 0.398. The molecule has 0 atom stereocenters. The van der Waals surface area contributed by atoms with Crippen LogP contribution in [0.4, 0.5) is 0 Å². The Balaban J connectivity index is 2.77. The number of thiophene rings is 1. The molecule has 1 heterocycles. The predicted octanol–water partition coefficient (Wildman–Crippen LogP) is 1.53. The van der Waals surface area contributed by atoms with Crippen molar-refractivity contribution < 1.29 is 8.42 Å². The first-order valence-electron chi connectivity index (χ1n) is 5.18. The quantitative estimate of drug-likeness (QED) is 0.886. The Hall–Kier alpha value is -0.950. The second-order valence-corrected chi connectivity index (χ2v) is 6.55. The summed E-state index contributed by atoms with van der Waals surface area (Å²) in [6.07, 6.45) is 0. The number of nitrogens with one attached hydrogen (secondary N) is 2. The molecule has 6 heteroatoms. The number of fused-ring (bicyclic) bond motifs is 1. The number of benzene rings is 1. The molecule has 17 heavy (non-hydrogen) atoms. The Morgan fingerprint density at radius 3 is 2.59 bits per heavy atom. The molecule has 0 bridgehead atoms. The summed E-state index contributed by atoms with van der Waals surface area (Å²) in [4.78, 5) is 1.23. The molecule has 0 aliphatic rings. The minimum atomic E-state index is -3.41. The van der Waals surface area contributed by atoms with Gasteiger partial charge in [0.05, 0.1) is 0 Å². The van der Waals surface area contributed by atoms with Gasteiger partial charge in [0.25, 0.3) is 0 Å². The van der Waals surface area contributed by atoms with Crippen molar-refractivity contribution in [1.29, 1.82) is 0 Å². The smallest absolute Gasteiger partial charge is 0.242 e. The summed E-state index contributed by atoms with van der Waals surface area (Å²) in [5.41, 5.74) is 0. The van der Waals surface area contributed by atoms with Crippen LogP contribution in [-0.4, -0.2) is 22.5 Å². The van der Waals surface area contributed by atoms with Crippen LogP contribution in [0.15, 0.2) is 29.2 Å². The van der Waals surface area contributed by atoms with Gasteiger partial charge in [0.15, 0.2) is 0 Å². The summed E-state index contributed by atoms with van der Waals surface area (Å²) in [5, 5.41) is 3.79. The van der Waals surface area contributed by atoms with E-state index < -0.39 is 10.0 Å². The van der Waals surface area contributed by atoms with Gasteiger partial charge in [0.2, 0.25) is 10.0 Å². The molecular formula is C11H14N2O2S2. The van der Waals surface area contributed by atoms with Crippen LogP contribution >= 0.6 is 11.3 Å². The fourth-order valence-electron chi connectivity index (χ4n) is 1.75. The Morgan fingerprint density at radius 1 is 1.24 bits per heavy atom. The summed E-state index contributed by atoms with van der Waals surface area (Å²) in [5.74, 6) is 0. The van der Waals surface area contributed by atoms with E-state index in [1.54, 1.807) is 7.05 Å². The number of rotatable bonds is 4. The van der Waals surface area contributed by atoms with Crippen LogP contribution in [0.2, 0.25) is 0 Å². The summed E-state index contributed by atoms with van der Waals surface area (Å²) in [7, 11) is -0.173. The van der Waals surface area contributed by atoms with Gasteiger partial charge in [-0.1, -0.05) is 18.2 Å². The first-order chi connectivity index (χ1) is 8.10. The second-order valence-electron chi connectivity index (χ2n) is 3.59. The van der Waals surface area contributed by atoms with E-state index >= 15 is 0 Å². The molecule has 0 amide bonds. The Labute approximate surface area is 105 Å². The van der Waals surface area contributed by atoms with Crippen molar-refractivity contribution in [2.75, 3.05) is 14.1 Å². The SMILES string of the molecule is CNCc1sc2ccccc2c1S(=O)(=O)NC. The van der Waals surface area contributed by atoms with Crippen molar-refractivity contribution in [3.05, 3.63) is 29.1 Å². The molecule has 0 aliphatic heterocycles. The fraction of sp³-hybridized carbons (Fsp3) is 0.273. The van der Waals surface area contributed by atoms with Gasteiger partial charge in [-0.3, -0.25) is 0 Å². The fourth-order valence-corrected chi connectivity index (χ4v) is 4.42. The zero-order valence-electron chi connectivity index (χ0n) is 9.65. The predicted molar refractivity (Wildman–Crippen MR) is 70.8 cm³/mol. The van der Waals surface area contributed by atoms with Gasteiger partial charge in [-0.2, -0.15) is 0 Å². The maximum Gasteiger partial charge on any atom is 0.242 e. The van der Waals surface area contributed by atoms with Gasteiger partial charge in [0.1, 0.15) is 4.90 Å². The standard InChI is InChI=1S/C11H14N2O2S2/c1-12-7-10-11(17(14,15)13-2)8-5-3-4-6-9(8)16-10/h3-6,12-13H,7H2,1-2H3. The second kappa shape index (κ2) is 4.73. The lowest BCUT2D eigenvalue weighted by Crippen LogP contribution is -2.20. The minimum Gasteiger partial charge on any atom is -0.315 e. The maximum absolute atomic E-state index is 12.0. The van der Waals surface area contributed by atoms with Gasteiger partial charge in [0, 0.05) is 21.5 Å². The highest BCUT2D eigenvalue weighted by atomic mass is 32.2. The van der Waals surface area contributed by atoms with Gasteiger partial charge < -0.3 is 5.32 Å². The third-order valence-corrected chi connectivity index (χ3v) is 5.33. The van der Waals surface area contributed by atoms with Gasteiger partial charge >= 0.3 is 0 Å². The lowest BCUT2D eigenvalue weighted by Gasteiger charge is -2.04. The molecule has 0 unspecified atom stereocenters. The molecule has 0 aliphatic carbocycles. The highest BCUT2D eigenvalue weighted by Crippen LogP contribution is 2.34. The van der Waals surface area contributed by atoms with Crippen LogP contribution in [0.25, 0.3) is 10.1 Å². The summed E-state index contributed by atoms with van der Waals surface area (Å²) in [6, 6.07) is 7.55. The van der Waals surface area contributed by atoms with Crippen molar-refractivity contribution in [2.24, 2.45) is 0 Å². The molecule has 0 saturated carbocycles. The molecule has 4 nitrogen and oxygen atoms in total. The molecule has 2 rings (SSSR count). The highest BCUT2D eigenvalue weighted by molar-refractivity contribution is 7.90. The average molecular weight is 270 g/mol. The largest absolute Gasteiger partial charge is 0.315 e. The lowest BCUT2D eigenvalue weighted by atomic mass is 10.2. The van der Waals surface area contributed by atoms with Crippen molar-refractivity contribution in [1.82, 2.24) is 10.0 Å². The Bertz CT molecular complexity index is 632.